The first-order chi connectivity index (χ1) is 13.3. The second kappa shape index (κ2) is 8.37. The van der Waals surface area contributed by atoms with Crippen LogP contribution in [0.3, 0.4) is 0 Å². The molecular formula is C22H25NO4S. The summed E-state index contributed by atoms with van der Waals surface area (Å²) in [7, 11) is 0. The largest absolute Gasteiger partial charge is 0.449 e. The van der Waals surface area contributed by atoms with Crippen molar-refractivity contribution in [1.29, 1.82) is 0 Å². The van der Waals surface area contributed by atoms with E-state index in [1.165, 1.54) is 0 Å². The second-order valence-corrected chi connectivity index (χ2v) is 8.22. The van der Waals surface area contributed by atoms with Crippen LogP contribution in [0.15, 0.2) is 48.5 Å². The molecular weight excluding hydrogens is 374 g/mol. The number of hydrogen-bond donors (Lipinski definition) is 2. The Bertz CT molecular complexity index is 829. The SMILES string of the molecule is CC(C)(C)OC[C@H](NC(=O)OCC1c2ccccc2-c2ccccc21)C(=O)S. The molecule has 5 nitrogen and oxygen atoms in total. The van der Waals surface area contributed by atoms with E-state index in [1.807, 2.05) is 45.0 Å². The molecule has 0 aromatic heterocycles. The van der Waals surface area contributed by atoms with Gasteiger partial charge in [0.25, 0.3) is 0 Å². The van der Waals surface area contributed by atoms with Gasteiger partial charge in [-0.1, -0.05) is 48.5 Å². The molecule has 0 saturated carbocycles. The van der Waals surface area contributed by atoms with Crippen LogP contribution < -0.4 is 5.32 Å². The van der Waals surface area contributed by atoms with Crippen LogP contribution in [-0.4, -0.2) is 36.1 Å². The van der Waals surface area contributed by atoms with Gasteiger partial charge in [-0.25, -0.2) is 4.79 Å². The molecule has 1 aliphatic carbocycles. The maximum absolute atomic E-state index is 12.3. The molecule has 1 aliphatic rings. The second-order valence-electron chi connectivity index (χ2n) is 7.78. The predicted octanol–water partition coefficient (Wildman–Crippen LogP) is 4.17. The zero-order valence-corrected chi connectivity index (χ0v) is 17.2. The number of rotatable bonds is 6. The van der Waals surface area contributed by atoms with E-state index in [9.17, 15) is 9.59 Å². The van der Waals surface area contributed by atoms with Gasteiger partial charge in [-0.3, -0.25) is 4.79 Å². The molecule has 1 atom stereocenters. The number of ether oxygens (including phenoxy) is 2. The van der Waals surface area contributed by atoms with E-state index in [0.717, 1.165) is 22.3 Å². The van der Waals surface area contributed by atoms with Crippen LogP contribution >= 0.6 is 12.6 Å². The molecule has 0 fully saturated rings. The van der Waals surface area contributed by atoms with Crippen LogP contribution in [0.4, 0.5) is 4.79 Å². The van der Waals surface area contributed by atoms with Gasteiger partial charge < -0.3 is 14.8 Å². The maximum Gasteiger partial charge on any atom is 0.407 e. The van der Waals surface area contributed by atoms with Gasteiger partial charge in [0.2, 0.25) is 5.12 Å². The summed E-state index contributed by atoms with van der Waals surface area (Å²) in [5.74, 6) is -0.0332. The Morgan fingerprint density at radius 1 is 1.04 bits per heavy atom. The number of hydrogen-bond acceptors (Lipinski definition) is 4. The molecule has 0 heterocycles. The van der Waals surface area contributed by atoms with Crippen molar-refractivity contribution in [2.24, 2.45) is 0 Å². The number of amides is 1. The molecule has 2 aromatic carbocycles. The molecule has 0 radical (unpaired) electrons. The Balaban J connectivity index is 1.65. The van der Waals surface area contributed by atoms with Crippen molar-refractivity contribution in [3.63, 3.8) is 0 Å². The molecule has 0 unspecified atom stereocenters. The first-order valence-corrected chi connectivity index (χ1v) is 9.69. The molecule has 0 saturated heterocycles. The quantitative estimate of drug-likeness (QED) is 0.716. The summed E-state index contributed by atoms with van der Waals surface area (Å²) in [6.45, 7) is 5.85. The number of thiol groups is 1. The lowest BCUT2D eigenvalue weighted by atomic mass is 9.98. The van der Waals surface area contributed by atoms with Gasteiger partial charge in [0.05, 0.1) is 12.2 Å². The smallest absolute Gasteiger partial charge is 0.407 e. The Labute approximate surface area is 170 Å². The molecule has 6 heteroatoms. The summed E-state index contributed by atoms with van der Waals surface area (Å²) in [6, 6.07) is 15.4. The van der Waals surface area contributed by atoms with Crippen molar-refractivity contribution in [2.45, 2.75) is 38.3 Å². The van der Waals surface area contributed by atoms with E-state index in [-0.39, 0.29) is 19.1 Å². The normalized spacial score (nSPS) is 14.1. The van der Waals surface area contributed by atoms with Crippen LogP contribution in [0.25, 0.3) is 11.1 Å². The van der Waals surface area contributed by atoms with E-state index < -0.39 is 22.9 Å². The zero-order chi connectivity index (χ0) is 20.3. The van der Waals surface area contributed by atoms with Gasteiger partial charge in [-0.2, -0.15) is 0 Å². The first kappa shape index (κ1) is 20.4. The number of nitrogens with one attached hydrogen (secondary N) is 1. The van der Waals surface area contributed by atoms with Crippen LogP contribution in [-0.2, 0) is 14.3 Å². The Kier molecular flexibility index (Phi) is 6.10. The Hall–Kier alpha value is -2.31. The van der Waals surface area contributed by atoms with Crippen LogP contribution in [0.2, 0.25) is 0 Å². The molecule has 2 aromatic rings. The number of alkyl carbamates (subject to hydrolysis) is 1. The number of carbonyl (C=O) groups is 2. The Morgan fingerprint density at radius 2 is 1.57 bits per heavy atom. The van der Waals surface area contributed by atoms with E-state index >= 15 is 0 Å². The van der Waals surface area contributed by atoms with Crippen molar-refractivity contribution in [3.05, 3.63) is 59.7 Å². The highest BCUT2D eigenvalue weighted by atomic mass is 32.1. The summed E-state index contributed by atoms with van der Waals surface area (Å²) in [5, 5.41) is 2.07. The monoisotopic (exact) mass is 399 g/mol. The number of carbonyl (C=O) groups excluding carboxylic acids is 2. The summed E-state index contributed by atoms with van der Waals surface area (Å²) in [6.07, 6.45) is -0.660. The molecule has 0 spiro atoms. The standard InChI is InChI=1S/C22H25NO4S/c1-22(2,3)27-13-19(20(24)28)23-21(25)26-12-18-16-10-6-4-8-14(16)15-9-5-7-11-17(15)18/h4-11,18-19H,12-13H2,1-3H3,(H,23,25)(H,24,28)/t19-/m0/s1. The van der Waals surface area contributed by atoms with Crippen molar-refractivity contribution in [1.82, 2.24) is 5.32 Å². The van der Waals surface area contributed by atoms with E-state index in [0.29, 0.717) is 0 Å². The highest BCUT2D eigenvalue weighted by Crippen LogP contribution is 2.44. The van der Waals surface area contributed by atoms with Crippen LogP contribution in [0.1, 0.15) is 37.8 Å². The third-order valence-electron chi connectivity index (χ3n) is 4.62. The summed E-state index contributed by atoms with van der Waals surface area (Å²) in [4.78, 5) is 24.0. The third-order valence-corrected chi connectivity index (χ3v) is 4.93. The molecule has 3 rings (SSSR count). The fourth-order valence-corrected chi connectivity index (χ4v) is 3.43. The molecule has 148 valence electrons. The Morgan fingerprint density at radius 3 is 2.07 bits per heavy atom. The summed E-state index contributed by atoms with van der Waals surface area (Å²) >= 11 is 3.84. The van der Waals surface area contributed by atoms with E-state index in [2.05, 4.69) is 42.2 Å². The zero-order valence-electron chi connectivity index (χ0n) is 16.3. The molecule has 1 N–H and O–H groups in total. The average molecular weight is 400 g/mol. The molecule has 0 bridgehead atoms. The van der Waals surface area contributed by atoms with Gasteiger partial charge in [-0.15, -0.1) is 12.6 Å². The minimum Gasteiger partial charge on any atom is -0.449 e. The highest BCUT2D eigenvalue weighted by Gasteiger charge is 2.29. The maximum atomic E-state index is 12.3. The lowest BCUT2D eigenvalue weighted by Crippen LogP contribution is -2.44. The minimum atomic E-state index is -0.863. The van der Waals surface area contributed by atoms with Gasteiger partial charge in [0.15, 0.2) is 0 Å². The van der Waals surface area contributed by atoms with Gasteiger partial charge in [0, 0.05) is 5.92 Å². The fourth-order valence-electron chi connectivity index (χ4n) is 3.29. The third kappa shape index (κ3) is 4.75. The summed E-state index contributed by atoms with van der Waals surface area (Å²) in [5.41, 5.74) is 4.16. The molecule has 28 heavy (non-hydrogen) atoms. The molecule has 1 amide bonds. The van der Waals surface area contributed by atoms with Gasteiger partial charge >= 0.3 is 6.09 Å². The lowest BCUT2D eigenvalue weighted by molar-refractivity contribution is -0.115. The van der Waals surface area contributed by atoms with Crippen LogP contribution in [0.5, 0.6) is 0 Å². The van der Waals surface area contributed by atoms with Crippen molar-refractivity contribution in [3.8, 4) is 11.1 Å². The topological polar surface area (TPSA) is 64.6 Å². The average Bonchev–Trinajstić information content (AvgIpc) is 2.96. The highest BCUT2D eigenvalue weighted by molar-refractivity contribution is 7.96. The van der Waals surface area contributed by atoms with Gasteiger partial charge in [-0.05, 0) is 43.0 Å². The van der Waals surface area contributed by atoms with Crippen molar-refractivity contribution >= 4 is 23.8 Å². The van der Waals surface area contributed by atoms with Crippen molar-refractivity contribution < 1.29 is 19.1 Å². The first-order valence-electron chi connectivity index (χ1n) is 9.24. The predicted molar refractivity (Wildman–Crippen MR) is 112 cm³/mol. The minimum absolute atomic E-state index is 0.0332. The summed E-state index contributed by atoms with van der Waals surface area (Å²) < 4.78 is 11.0. The van der Waals surface area contributed by atoms with Crippen LogP contribution in [0, 0.1) is 0 Å². The van der Waals surface area contributed by atoms with E-state index in [1.54, 1.807) is 0 Å². The van der Waals surface area contributed by atoms with Crippen molar-refractivity contribution in [2.75, 3.05) is 13.2 Å². The molecule has 0 aliphatic heterocycles. The van der Waals surface area contributed by atoms with Gasteiger partial charge in [0.1, 0.15) is 12.6 Å². The lowest BCUT2D eigenvalue weighted by Gasteiger charge is -2.23. The fraction of sp³-hybridized carbons (Fsp3) is 0.364. The van der Waals surface area contributed by atoms with E-state index in [4.69, 9.17) is 9.47 Å². The number of fused-ring (bicyclic) bond motifs is 3. The number of benzene rings is 2.